The number of ether oxygens (including phenoxy) is 1. The van der Waals surface area contributed by atoms with Gasteiger partial charge in [0.15, 0.2) is 0 Å². The van der Waals surface area contributed by atoms with E-state index in [1.165, 1.54) is 0 Å². The van der Waals surface area contributed by atoms with E-state index in [1.54, 1.807) is 4.57 Å². The van der Waals surface area contributed by atoms with E-state index in [4.69, 9.17) is 4.74 Å². The van der Waals surface area contributed by atoms with Crippen molar-refractivity contribution >= 4 is 10.8 Å². The van der Waals surface area contributed by atoms with Crippen LogP contribution >= 0.6 is 0 Å². The molecule has 0 aliphatic carbocycles. The third-order valence-corrected chi connectivity index (χ3v) is 5.72. The first-order chi connectivity index (χ1) is 11.4. The Morgan fingerprint density at radius 3 is 2.12 bits per heavy atom. The van der Waals surface area contributed by atoms with Crippen molar-refractivity contribution < 1.29 is 14.9 Å². The second kappa shape index (κ2) is 4.14. The number of aromatic nitrogens is 1. The maximum absolute atomic E-state index is 11.0. The molecule has 0 unspecified atom stereocenters. The van der Waals surface area contributed by atoms with E-state index in [0.717, 1.165) is 40.4 Å². The Morgan fingerprint density at radius 1 is 0.875 bits per heavy atom. The highest BCUT2D eigenvalue weighted by atomic mass is 16.5. The van der Waals surface area contributed by atoms with Gasteiger partial charge in [-0.3, -0.25) is 4.57 Å². The van der Waals surface area contributed by atoms with Crippen molar-refractivity contribution in [3.63, 3.8) is 0 Å². The van der Waals surface area contributed by atoms with Crippen molar-refractivity contribution in [2.24, 2.45) is 0 Å². The molecule has 2 bridgehead atoms. The van der Waals surface area contributed by atoms with Gasteiger partial charge in [0.1, 0.15) is 0 Å². The van der Waals surface area contributed by atoms with Crippen molar-refractivity contribution in [1.29, 1.82) is 0 Å². The molecule has 3 heterocycles. The molecule has 2 N–H and O–H groups in total. The molecular weight excluding hydrogens is 302 g/mol. The van der Waals surface area contributed by atoms with Crippen molar-refractivity contribution in [2.75, 3.05) is 0 Å². The molecule has 0 amide bonds. The summed E-state index contributed by atoms with van der Waals surface area (Å²) in [6.07, 6.45) is 1.70. The van der Waals surface area contributed by atoms with Crippen LogP contribution < -0.4 is 0 Å². The summed E-state index contributed by atoms with van der Waals surface area (Å²) in [4.78, 5) is 0. The minimum absolute atomic E-state index is 0.0878. The summed E-state index contributed by atoms with van der Waals surface area (Å²) in [5.74, 6) is 0.176. The van der Waals surface area contributed by atoms with Gasteiger partial charge in [0.25, 0.3) is 0 Å². The molecule has 2 aliphatic rings. The van der Waals surface area contributed by atoms with Gasteiger partial charge >= 0.3 is 0 Å². The standard InChI is InChI=1S/C20H19NO3/c1-19-10-11-20(2,24-19)16-15(19)17(22)21(18(16)23)14-9-5-7-12-6-3-4-8-13(12)14/h3-9,22-23H,10-11H2,1-2H3/t19-,20+. The number of hydrogen-bond acceptors (Lipinski definition) is 3. The predicted octanol–water partition coefficient (Wildman–Crippen LogP) is 4.30. The first kappa shape index (κ1) is 13.9. The van der Waals surface area contributed by atoms with Crippen LogP contribution in [0.5, 0.6) is 11.8 Å². The molecule has 0 saturated carbocycles. The number of benzene rings is 2. The minimum Gasteiger partial charge on any atom is -0.494 e. The van der Waals surface area contributed by atoms with Gasteiger partial charge in [-0.05, 0) is 38.1 Å². The zero-order valence-corrected chi connectivity index (χ0v) is 13.7. The van der Waals surface area contributed by atoms with Gasteiger partial charge in [-0.1, -0.05) is 36.4 Å². The second-order valence-corrected chi connectivity index (χ2v) is 7.29. The Bertz CT molecular complexity index is 961. The van der Waals surface area contributed by atoms with E-state index >= 15 is 0 Å². The molecule has 4 heteroatoms. The molecule has 0 radical (unpaired) electrons. The van der Waals surface area contributed by atoms with Gasteiger partial charge in [0.2, 0.25) is 11.8 Å². The lowest BCUT2D eigenvalue weighted by molar-refractivity contribution is -0.0683. The number of rotatable bonds is 1. The van der Waals surface area contributed by atoms with Gasteiger partial charge in [0, 0.05) is 5.39 Å². The van der Waals surface area contributed by atoms with E-state index in [9.17, 15) is 10.2 Å². The van der Waals surface area contributed by atoms with Gasteiger partial charge in [-0.2, -0.15) is 0 Å². The van der Waals surface area contributed by atoms with Crippen LogP contribution in [0.15, 0.2) is 42.5 Å². The Hall–Kier alpha value is -2.46. The fourth-order valence-electron chi connectivity index (χ4n) is 4.61. The summed E-state index contributed by atoms with van der Waals surface area (Å²) in [5.41, 5.74) is 1.20. The monoisotopic (exact) mass is 321 g/mol. The smallest absolute Gasteiger partial charge is 0.205 e. The number of aromatic hydroxyl groups is 2. The normalized spacial score (nSPS) is 27.8. The first-order valence-corrected chi connectivity index (χ1v) is 8.30. The highest BCUT2D eigenvalue weighted by Crippen LogP contribution is 2.64. The van der Waals surface area contributed by atoms with E-state index in [-0.39, 0.29) is 11.8 Å². The molecule has 5 rings (SSSR count). The molecule has 24 heavy (non-hydrogen) atoms. The van der Waals surface area contributed by atoms with Crippen LogP contribution in [0.2, 0.25) is 0 Å². The molecule has 1 aromatic heterocycles. The largest absolute Gasteiger partial charge is 0.494 e. The molecule has 1 saturated heterocycles. The number of nitrogens with zero attached hydrogens (tertiary/aromatic N) is 1. The summed E-state index contributed by atoms with van der Waals surface area (Å²) in [6, 6.07) is 13.9. The van der Waals surface area contributed by atoms with Crippen LogP contribution in [0, 0.1) is 0 Å². The van der Waals surface area contributed by atoms with Gasteiger partial charge in [0.05, 0.1) is 28.0 Å². The van der Waals surface area contributed by atoms with Gasteiger partial charge in [-0.25, -0.2) is 0 Å². The van der Waals surface area contributed by atoms with Crippen LogP contribution in [0.3, 0.4) is 0 Å². The van der Waals surface area contributed by atoms with Crippen LogP contribution in [-0.4, -0.2) is 14.8 Å². The zero-order chi connectivity index (χ0) is 16.7. The predicted molar refractivity (Wildman–Crippen MR) is 91.6 cm³/mol. The number of hydrogen-bond donors (Lipinski definition) is 2. The first-order valence-electron chi connectivity index (χ1n) is 8.30. The average molecular weight is 321 g/mol. The van der Waals surface area contributed by atoms with E-state index in [1.807, 2.05) is 56.3 Å². The van der Waals surface area contributed by atoms with Crippen LogP contribution in [0.4, 0.5) is 0 Å². The Morgan fingerprint density at radius 2 is 1.46 bits per heavy atom. The summed E-state index contributed by atoms with van der Waals surface area (Å²) in [7, 11) is 0. The third kappa shape index (κ3) is 1.47. The molecule has 1 fully saturated rings. The molecule has 2 aromatic carbocycles. The lowest BCUT2D eigenvalue weighted by Gasteiger charge is -2.21. The fraction of sp³-hybridized carbons (Fsp3) is 0.300. The van der Waals surface area contributed by atoms with Crippen LogP contribution in [0.1, 0.15) is 37.8 Å². The topological polar surface area (TPSA) is 54.6 Å². The summed E-state index contributed by atoms with van der Waals surface area (Å²) in [5, 5.41) is 24.0. The highest BCUT2D eigenvalue weighted by Gasteiger charge is 2.59. The van der Waals surface area contributed by atoms with Crippen LogP contribution in [-0.2, 0) is 15.9 Å². The van der Waals surface area contributed by atoms with E-state index in [2.05, 4.69) is 0 Å². The molecule has 4 nitrogen and oxygen atoms in total. The Labute approximate surface area is 139 Å². The number of fused-ring (bicyclic) bond motifs is 6. The Kier molecular flexibility index (Phi) is 2.40. The van der Waals surface area contributed by atoms with Crippen molar-refractivity contribution in [2.45, 2.75) is 37.9 Å². The SMILES string of the molecule is C[C@]12CC[C@](C)(O1)c1c2c(O)n(-c2cccc3ccccc23)c1O. The summed E-state index contributed by atoms with van der Waals surface area (Å²) >= 11 is 0. The lowest BCUT2D eigenvalue weighted by atomic mass is 9.80. The lowest BCUT2D eigenvalue weighted by Crippen LogP contribution is -2.17. The van der Waals surface area contributed by atoms with Gasteiger partial charge in [-0.15, -0.1) is 0 Å². The average Bonchev–Trinajstić information content (AvgIpc) is 3.11. The zero-order valence-electron chi connectivity index (χ0n) is 13.7. The minimum atomic E-state index is -0.526. The molecule has 3 aromatic rings. The Balaban J connectivity index is 1.86. The second-order valence-electron chi connectivity index (χ2n) is 7.29. The summed E-state index contributed by atoms with van der Waals surface area (Å²) in [6.45, 7) is 3.99. The third-order valence-electron chi connectivity index (χ3n) is 5.72. The molecule has 122 valence electrons. The van der Waals surface area contributed by atoms with Crippen molar-refractivity contribution in [1.82, 2.24) is 4.57 Å². The molecule has 0 spiro atoms. The molecule has 2 atom stereocenters. The van der Waals surface area contributed by atoms with Gasteiger partial charge < -0.3 is 14.9 Å². The maximum atomic E-state index is 11.0. The van der Waals surface area contributed by atoms with Crippen molar-refractivity contribution in [3.05, 3.63) is 53.6 Å². The molecule has 2 aliphatic heterocycles. The van der Waals surface area contributed by atoms with Crippen LogP contribution in [0.25, 0.3) is 16.5 Å². The summed E-state index contributed by atoms with van der Waals surface area (Å²) < 4.78 is 7.73. The van der Waals surface area contributed by atoms with Crippen molar-refractivity contribution in [3.8, 4) is 17.4 Å². The quantitative estimate of drug-likeness (QED) is 0.703. The van der Waals surface area contributed by atoms with E-state index < -0.39 is 11.2 Å². The maximum Gasteiger partial charge on any atom is 0.205 e. The highest BCUT2D eigenvalue weighted by molar-refractivity contribution is 5.91. The molecular formula is C20H19NO3. The fourth-order valence-corrected chi connectivity index (χ4v) is 4.61. The van der Waals surface area contributed by atoms with E-state index in [0.29, 0.717) is 0 Å².